The lowest BCUT2D eigenvalue weighted by Gasteiger charge is -2.17. The molecule has 0 heterocycles. The van der Waals surface area contributed by atoms with Crippen molar-refractivity contribution in [1.82, 2.24) is 5.32 Å². The minimum Gasteiger partial charge on any atom is -0.494 e. The van der Waals surface area contributed by atoms with Gasteiger partial charge in [0.1, 0.15) is 11.4 Å². The van der Waals surface area contributed by atoms with Crippen LogP contribution in [-0.4, -0.2) is 29.6 Å². The number of rotatable bonds is 12. The molecule has 4 aromatic carbocycles. The highest BCUT2D eigenvalue weighted by atomic mass is 32.2. The Morgan fingerprint density at radius 2 is 1.56 bits per heavy atom. The van der Waals surface area contributed by atoms with Crippen molar-refractivity contribution in [2.45, 2.75) is 37.3 Å². The van der Waals surface area contributed by atoms with Crippen LogP contribution >= 0.6 is 11.8 Å². The van der Waals surface area contributed by atoms with Crippen LogP contribution in [0.4, 0.5) is 11.4 Å². The van der Waals surface area contributed by atoms with E-state index in [2.05, 4.69) is 16.0 Å². The average molecular weight is 594 g/mol. The zero-order valence-electron chi connectivity index (χ0n) is 24.4. The summed E-state index contributed by atoms with van der Waals surface area (Å²) in [4.78, 5) is 40.3. The maximum Gasteiger partial charge on any atom is 0.272 e. The van der Waals surface area contributed by atoms with E-state index in [0.717, 1.165) is 21.7 Å². The summed E-state index contributed by atoms with van der Waals surface area (Å²) in [7, 11) is 0. The molecule has 0 aliphatic rings. The molecule has 3 amide bonds. The van der Waals surface area contributed by atoms with E-state index in [1.54, 1.807) is 36.4 Å². The quantitative estimate of drug-likeness (QED) is 0.118. The average Bonchev–Trinajstić information content (AvgIpc) is 3.02. The summed E-state index contributed by atoms with van der Waals surface area (Å²) < 4.78 is 5.51. The van der Waals surface area contributed by atoms with Gasteiger partial charge < -0.3 is 20.7 Å². The van der Waals surface area contributed by atoms with E-state index in [4.69, 9.17) is 4.74 Å². The van der Waals surface area contributed by atoms with Gasteiger partial charge >= 0.3 is 0 Å². The molecule has 43 heavy (non-hydrogen) atoms. The summed E-state index contributed by atoms with van der Waals surface area (Å²) in [6.07, 6.45) is 2.24. The maximum atomic E-state index is 13.5. The zero-order chi connectivity index (χ0) is 30.6. The Hall–Kier alpha value is -4.82. The molecule has 3 N–H and O–H groups in total. The Balaban J connectivity index is 1.51. The number of carbonyl (C=O) groups excluding carboxylic acids is 3. The molecule has 0 aliphatic carbocycles. The Labute approximate surface area is 256 Å². The number of hydrogen-bond acceptors (Lipinski definition) is 5. The first kappa shape index (κ1) is 31.1. The molecule has 1 unspecified atom stereocenters. The van der Waals surface area contributed by atoms with Crippen LogP contribution in [0.2, 0.25) is 0 Å². The van der Waals surface area contributed by atoms with Gasteiger partial charge in [-0.15, -0.1) is 11.8 Å². The molecule has 4 aromatic rings. The topological polar surface area (TPSA) is 96.5 Å². The molecular formula is C35H35N3O4S. The lowest BCUT2D eigenvalue weighted by Crippen LogP contribution is -2.30. The van der Waals surface area contributed by atoms with E-state index in [1.807, 2.05) is 93.6 Å². The SMILES string of the molecule is CCOc1ccc(/C=C(/NC(=O)c2ccccc2)C(=O)Nc2cccc(SC(CC)C(=O)Nc3ccccc3C)c2)cc1. The standard InChI is InChI=1S/C35H35N3O4S/c1-4-32(35(41)37-30-17-10-9-12-24(30)3)43-29-16-11-15-27(23-29)36-34(40)31(38-33(39)26-13-7-6-8-14-26)22-25-18-20-28(21-19-25)42-5-2/h6-23,32H,4-5H2,1-3H3,(H,36,40)(H,37,41)(H,38,39)/b31-22+. The fourth-order valence-corrected chi connectivity index (χ4v) is 5.21. The van der Waals surface area contributed by atoms with Crippen molar-refractivity contribution in [2.75, 3.05) is 17.2 Å². The molecular weight excluding hydrogens is 558 g/mol. The highest BCUT2D eigenvalue weighted by molar-refractivity contribution is 8.00. The molecule has 0 saturated heterocycles. The van der Waals surface area contributed by atoms with Crippen molar-refractivity contribution in [2.24, 2.45) is 0 Å². The van der Waals surface area contributed by atoms with Crippen LogP contribution in [0.1, 0.15) is 41.8 Å². The monoisotopic (exact) mass is 593 g/mol. The first-order valence-electron chi connectivity index (χ1n) is 14.1. The normalized spacial score (nSPS) is 11.7. The first-order valence-corrected chi connectivity index (χ1v) is 15.0. The Morgan fingerprint density at radius 3 is 2.26 bits per heavy atom. The van der Waals surface area contributed by atoms with Gasteiger partial charge in [-0.1, -0.05) is 61.5 Å². The number of hydrogen-bond donors (Lipinski definition) is 3. The second kappa shape index (κ2) is 15.4. The van der Waals surface area contributed by atoms with Crippen molar-refractivity contribution >= 4 is 46.9 Å². The third-order valence-electron chi connectivity index (χ3n) is 6.47. The number of nitrogens with one attached hydrogen (secondary N) is 3. The Morgan fingerprint density at radius 1 is 0.837 bits per heavy atom. The molecule has 0 aromatic heterocycles. The fourth-order valence-electron chi connectivity index (χ4n) is 4.19. The van der Waals surface area contributed by atoms with Gasteiger partial charge in [-0.2, -0.15) is 0 Å². The molecule has 7 nitrogen and oxygen atoms in total. The molecule has 1 atom stereocenters. The summed E-state index contributed by atoms with van der Waals surface area (Å²) in [6, 6.07) is 30.9. The third kappa shape index (κ3) is 9.08. The smallest absolute Gasteiger partial charge is 0.272 e. The number of benzene rings is 4. The number of thioether (sulfide) groups is 1. The van der Waals surface area contributed by atoms with Crippen LogP contribution in [0.5, 0.6) is 5.75 Å². The van der Waals surface area contributed by atoms with E-state index in [-0.39, 0.29) is 16.9 Å². The number of carbonyl (C=O) groups is 3. The number of anilines is 2. The number of para-hydroxylation sites is 1. The van der Waals surface area contributed by atoms with Gasteiger partial charge in [-0.05, 0) is 86.0 Å². The molecule has 0 saturated carbocycles. The lowest BCUT2D eigenvalue weighted by molar-refractivity contribution is -0.116. The van der Waals surface area contributed by atoms with Crippen molar-refractivity contribution in [3.8, 4) is 5.75 Å². The lowest BCUT2D eigenvalue weighted by atomic mass is 10.1. The van der Waals surface area contributed by atoms with E-state index in [1.165, 1.54) is 11.8 Å². The first-order chi connectivity index (χ1) is 20.9. The maximum absolute atomic E-state index is 13.5. The number of ether oxygens (including phenoxy) is 1. The van der Waals surface area contributed by atoms with Crippen molar-refractivity contribution < 1.29 is 19.1 Å². The molecule has 0 bridgehead atoms. The largest absolute Gasteiger partial charge is 0.494 e. The summed E-state index contributed by atoms with van der Waals surface area (Å²) in [5, 5.41) is 8.35. The molecule has 0 fully saturated rings. The number of aryl methyl sites for hydroxylation is 1. The Kier molecular flexibility index (Phi) is 11.2. The van der Waals surface area contributed by atoms with Crippen LogP contribution in [0, 0.1) is 6.92 Å². The molecule has 0 spiro atoms. The van der Waals surface area contributed by atoms with Crippen LogP contribution < -0.4 is 20.7 Å². The zero-order valence-corrected chi connectivity index (χ0v) is 25.2. The van der Waals surface area contributed by atoms with Gasteiger partial charge in [-0.25, -0.2) is 0 Å². The molecule has 4 rings (SSSR count). The second-order valence-corrected chi connectivity index (χ2v) is 11.0. The van der Waals surface area contributed by atoms with E-state index < -0.39 is 11.8 Å². The molecule has 0 radical (unpaired) electrons. The van der Waals surface area contributed by atoms with E-state index in [0.29, 0.717) is 30.0 Å². The summed E-state index contributed by atoms with van der Waals surface area (Å²) in [5.74, 6) is -0.251. The Bertz CT molecular complexity index is 1590. The van der Waals surface area contributed by atoms with Crippen LogP contribution in [0.3, 0.4) is 0 Å². The summed E-state index contributed by atoms with van der Waals surface area (Å²) in [6.45, 7) is 6.38. The minimum atomic E-state index is -0.482. The second-order valence-electron chi connectivity index (χ2n) is 9.68. The van der Waals surface area contributed by atoms with Gasteiger partial charge in [0, 0.05) is 21.8 Å². The van der Waals surface area contributed by atoms with Gasteiger partial charge in [0.15, 0.2) is 0 Å². The predicted molar refractivity (Wildman–Crippen MR) is 174 cm³/mol. The van der Waals surface area contributed by atoms with Gasteiger partial charge in [-0.3, -0.25) is 14.4 Å². The minimum absolute atomic E-state index is 0.0829. The molecule has 8 heteroatoms. The molecule has 0 aliphatic heterocycles. The van der Waals surface area contributed by atoms with Crippen molar-refractivity contribution in [1.29, 1.82) is 0 Å². The van der Waals surface area contributed by atoms with E-state index >= 15 is 0 Å². The van der Waals surface area contributed by atoms with Crippen LogP contribution in [-0.2, 0) is 9.59 Å². The summed E-state index contributed by atoms with van der Waals surface area (Å²) >= 11 is 1.43. The van der Waals surface area contributed by atoms with Gasteiger partial charge in [0.05, 0.1) is 11.9 Å². The fraction of sp³-hybridized carbons (Fsp3) is 0.171. The van der Waals surface area contributed by atoms with Crippen molar-refractivity contribution in [3.05, 3.63) is 126 Å². The van der Waals surface area contributed by atoms with Gasteiger partial charge in [0.2, 0.25) is 5.91 Å². The van der Waals surface area contributed by atoms with Gasteiger partial charge in [0.25, 0.3) is 11.8 Å². The molecule has 220 valence electrons. The van der Waals surface area contributed by atoms with Crippen molar-refractivity contribution in [3.63, 3.8) is 0 Å². The highest BCUT2D eigenvalue weighted by Gasteiger charge is 2.20. The highest BCUT2D eigenvalue weighted by Crippen LogP contribution is 2.29. The van der Waals surface area contributed by atoms with E-state index in [9.17, 15) is 14.4 Å². The van der Waals surface area contributed by atoms with Crippen LogP contribution in [0.25, 0.3) is 6.08 Å². The summed E-state index contributed by atoms with van der Waals surface area (Å²) in [5.41, 5.74) is 3.55. The number of amides is 3. The third-order valence-corrected chi connectivity index (χ3v) is 7.83. The predicted octanol–water partition coefficient (Wildman–Crippen LogP) is 7.31. The van der Waals surface area contributed by atoms with Crippen LogP contribution in [0.15, 0.2) is 114 Å².